The monoisotopic (exact) mass is 312 g/mol. The zero-order valence-electron chi connectivity index (χ0n) is 11.2. The molecule has 0 heterocycles. The molecule has 2 rings (SSSR count). The highest BCUT2D eigenvalue weighted by molar-refractivity contribution is 6.42. The maximum absolute atomic E-state index is 14.3. The smallest absolute Gasteiger partial charge is 0.128 e. The van der Waals surface area contributed by atoms with E-state index in [-0.39, 0.29) is 5.82 Å². The van der Waals surface area contributed by atoms with Gasteiger partial charge in [-0.2, -0.15) is 0 Å². The Labute approximate surface area is 127 Å². The van der Waals surface area contributed by atoms with Crippen molar-refractivity contribution in [2.24, 2.45) is 5.84 Å². The predicted molar refractivity (Wildman–Crippen MR) is 81.5 cm³/mol. The Bertz CT molecular complexity index is 621. The number of aryl methyl sites for hydroxylation is 2. The SMILES string of the molecule is Cc1cc(C)c(C(NN)c2cccc(Cl)c2Cl)c(F)c1. The van der Waals surface area contributed by atoms with Gasteiger partial charge in [0.1, 0.15) is 5.82 Å². The minimum absolute atomic E-state index is 0.318. The third-order valence-corrected chi connectivity index (χ3v) is 4.06. The second-order valence-electron chi connectivity index (χ2n) is 4.72. The summed E-state index contributed by atoms with van der Waals surface area (Å²) >= 11 is 12.2. The van der Waals surface area contributed by atoms with Gasteiger partial charge in [-0.1, -0.05) is 41.4 Å². The molecule has 0 aromatic heterocycles. The van der Waals surface area contributed by atoms with Crippen LogP contribution >= 0.6 is 23.2 Å². The molecule has 0 saturated carbocycles. The Morgan fingerprint density at radius 2 is 1.90 bits per heavy atom. The molecule has 3 N–H and O–H groups in total. The number of hydrogen-bond acceptors (Lipinski definition) is 2. The van der Waals surface area contributed by atoms with Crippen molar-refractivity contribution in [3.8, 4) is 0 Å². The lowest BCUT2D eigenvalue weighted by molar-refractivity contribution is 0.556. The molecule has 0 radical (unpaired) electrons. The lowest BCUT2D eigenvalue weighted by Crippen LogP contribution is -2.30. The summed E-state index contributed by atoms with van der Waals surface area (Å²) in [4.78, 5) is 0. The lowest BCUT2D eigenvalue weighted by Gasteiger charge is -2.21. The third kappa shape index (κ3) is 2.81. The van der Waals surface area contributed by atoms with Crippen LogP contribution in [-0.4, -0.2) is 0 Å². The minimum Gasteiger partial charge on any atom is -0.271 e. The Hall–Kier alpha value is -1.13. The fraction of sp³-hybridized carbons (Fsp3) is 0.200. The maximum Gasteiger partial charge on any atom is 0.128 e. The minimum atomic E-state index is -0.554. The van der Waals surface area contributed by atoms with Crippen LogP contribution in [0.4, 0.5) is 4.39 Å². The molecule has 2 nitrogen and oxygen atoms in total. The van der Waals surface area contributed by atoms with Gasteiger partial charge in [0, 0.05) is 5.56 Å². The van der Waals surface area contributed by atoms with Gasteiger partial charge in [-0.15, -0.1) is 0 Å². The average Bonchev–Trinajstić information content (AvgIpc) is 2.37. The fourth-order valence-electron chi connectivity index (χ4n) is 2.36. The first-order valence-electron chi connectivity index (χ1n) is 6.12. The summed E-state index contributed by atoms with van der Waals surface area (Å²) in [7, 11) is 0. The van der Waals surface area contributed by atoms with Crippen molar-refractivity contribution in [1.29, 1.82) is 0 Å². The predicted octanol–water partition coefficient (Wildman–Crippen LogP) is 4.30. The van der Waals surface area contributed by atoms with Gasteiger partial charge in [-0.3, -0.25) is 5.84 Å². The Kier molecular flexibility index (Phi) is 4.66. The number of hydrogen-bond donors (Lipinski definition) is 2. The van der Waals surface area contributed by atoms with Gasteiger partial charge in [-0.05, 0) is 42.7 Å². The highest BCUT2D eigenvalue weighted by Crippen LogP contribution is 2.35. The summed E-state index contributed by atoms with van der Waals surface area (Å²) in [5.41, 5.74) is 5.41. The van der Waals surface area contributed by atoms with Crippen LogP contribution in [0.25, 0.3) is 0 Å². The molecule has 0 amide bonds. The number of nitrogens with two attached hydrogens (primary N) is 1. The van der Waals surface area contributed by atoms with Crippen molar-refractivity contribution in [2.45, 2.75) is 19.9 Å². The van der Waals surface area contributed by atoms with Gasteiger partial charge in [0.2, 0.25) is 0 Å². The van der Waals surface area contributed by atoms with Gasteiger partial charge in [0.05, 0.1) is 16.1 Å². The average molecular weight is 313 g/mol. The molecular formula is C15H15Cl2FN2. The normalized spacial score (nSPS) is 12.5. The molecule has 0 aliphatic heterocycles. The second kappa shape index (κ2) is 6.10. The summed E-state index contributed by atoms with van der Waals surface area (Å²) < 4.78 is 14.3. The number of benzene rings is 2. The van der Waals surface area contributed by atoms with E-state index in [0.717, 1.165) is 11.1 Å². The number of rotatable bonds is 3. The van der Waals surface area contributed by atoms with Crippen LogP contribution in [0, 0.1) is 19.7 Å². The first-order valence-corrected chi connectivity index (χ1v) is 6.88. The van der Waals surface area contributed by atoms with E-state index in [0.29, 0.717) is 21.2 Å². The van der Waals surface area contributed by atoms with E-state index in [1.54, 1.807) is 18.2 Å². The van der Waals surface area contributed by atoms with E-state index in [9.17, 15) is 4.39 Å². The van der Waals surface area contributed by atoms with E-state index in [2.05, 4.69) is 5.43 Å². The zero-order valence-corrected chi connectivity index (χ0v) is 12.7. The fourth-order valence-corrected chi connectivity index (χ4v) is 2.78. The topological polar surface area (TPSA) is 38.0 Å². The quantitative estimate of drug-likeness (QED) is 0.655. The van der Waals surface area contributed by atoms with E-state index in [1.807, 2.05) is 19.9 Å². The Balaban J connectivity index is 2.62. The molecule has 5 heteroatoms. The summed E-state index contributed by atoms with van der Waals surface area (Å²) in [5.74, 6) is 5.30. The Morgan fingerprint density at radius 3 is 2.50 bits per heavy atom. The van der Waals surface area contributed by atoms with Gasteiger partial charge in [0.25, 0.3) is 0 Å². The Morgan fingerprint density at radius 1 is 1.20 bits per heavy atom. The van der Waals surface area contributed by atoms with Crippen LogP contribution in [-0.2, 0) is 0 Å². The van der Waals surface area contributed by atoms with E-state index >= 15 is 0 Å². The molecule has 2 aromatic carbocycles. The largest absolute Gasteiger partial charge is 0.271 e. The molecule has 20 heavy (non-hydrogen) atoms. The van der Waals surface area contributed by atoms with E-state index < -0.39 is 6.04 Å². The van der Waals surface area contributed by atoms with Crippen LogP contribution in [0.5, 0.6) is 0 Å². The molecule has 0 fully saturated rings. The first-order chi connectivity index (χ1) is 9.45. The molecule has 0 aliphatic carbocycles. The first kappa shape index (κ1) is 15.3. The molecule has 0 aliphatic rings. The maximum atomic E-state index is 14.3. The van der Waals surface area contributed by atoms with Crippen molar-refractivity contribution in [1.82, 2.24) is 5.43 Å². The van der Waals surface area contributed by atoms with E-state index in [1.165, 1.54) is 6.07 Å². The van der Waals surface area contributed by atoms with Gasteiger partial charge in [0.15, 0.2) is 0 Å². The standard InChI is InChI=1S/C15H15Cl2FN2/c1-8-6-9(2)13(12(18)7-8)15(20-19)10-4-3-5-11(16)14(10)17/h3-7,15,20H,19H2,1-2H3. The molecule has 1 atom stereocenters. The lowest BCUT2D eigenvalue weighted by atomic mass is 9.93. The summed E-state index contributed by atoms with van der Waals surface area (Å²) in [6, 6.07) is 8.04. The van der Waals surface area contributed by atoms with Crippen molar-refractivity contribution in [3.63, 3.8) is 0 Å². The number of halogens is 3. The number of hydrazine groups is 1. The van der Waals surface area contributed by atoms with Gasteiger partial charge < -0.3 is 0 Å². The van der Waals surface area contributed by atoms with Crippen molar-refractivity contribution < 1.29 is 4.39 Å². The van der Waals surface area contributed by atoms with Crippen molar-refractivity contribution >= 4 is 23.2 Å². The second-order valence-corrected chi connectivity index (χ2v) is 5.51. The van der Waals surface area contributed by atoms with Crippen LogP contribution in [0.15, 0.2) is 30.3 Å². The van der Waals surface area contributed by atoms with E-state index in [4.69, 9.17) is 29.0 Å². The van der Waals surface area contributed by atoms with Gasteiger partial charge in [-0.25, -0.2) is 9.82 Å². The van der Waals surface area contributed by atoms with Crippen molar-refractivity contribution in [3.05, 3.63) is 68.4 Å². The van der Waals surface area contributed by atoms with Crippen LogP contribution in [0.3, 0.4) is 0 Å². The summed E-state index contributed by atoms with van der Waals surface area (Å²) in [5, 5.41) is 0.783. The van der Waals surface area contributed by atoms with Crippen LogP contribution in [0.1, 0.15) is 28.3 Å². The molecule has 2 aromatic rings. The van der Waals surface area contributed by atoms with Crippen molar-refractivity contribution in [2.75, 3.05) is 0 Å². The highest BCUT2D eigenvalue weighted by atomic mass is 35.5. The summed E-state index contributed by atoms with van der Waals surface area (Å²) in [6.45, 7) is 3.69. The molecule has 0 bridgehead atoms. The molecule has 0 spiro atoms. The molecule has 0 saturated heterocycles. The summed E-state index contributed by atoms with van der Waals surface area (Å²) in [6.07, 6.45) is 0. The van der Waals surface area contributed by atoms with Gasteiger partial charge >= 0.3 is 0 Å². The van der Waals surface area contributed by atoms with Crippen LogP contribution in [0.2, 0.25) is 10.0 Å². The van der Waals surface area contributed by atoms with Crippen LogP contribution < -0.4 is 11.3 Å². The zero-order chi connectivity index (χ0) is 14.9. The molecule has 106 valence electrons. The number of nitrogens with one attached hydrogen (secondary N) is 1. The highest BCUT2D eigenvalue weighted by Gasteiger charge is 2.22. The molecular weight excluding hydrogens is 298 g/mol. The third-order valence-electron chi connectivity index (χ3n) is 3.23. The molecule has 1 unspecified atom stereocenters.